The van der Waals surface area contributed by atoms with Crippen LogP contribution in [-0.4, -0.2) is 36.5 Å². The molecule has 0 atom stereocenters. The van der Waals surface area contributed by atoms with Gasteiger partial charge in [-0.15, -0.1) is 0 Å². The standard InChI is InChI=1S/C30H40N4O4S/c1-6-10-25(35)12-7-8-18-38-26-16-14-23(15-17-26)33-29-31-20-22(2)28(34-29)32-24-11-9-13-27(19-24)39(36,37)21-30(3,4)5/h9,11,13-17,19-20H,6-8,10,12,18,21H2,1-5H3,(H2,31,32,33,34). The summed E-state index contributed by atoms with van der Waals surface area (Å²) in [6, 6.07) is 14.3. The number of benzene rings is 2. The quantitative estimate of drug-likeness (QED) is 0.206. The van der Waals surface area contributed by atoms with Crippen molar-refractivity contribution in [1.82, 2.24) is 9.97 Å². The monoisotopic (exact) mass is 552 g/mol. The third kappa shape index (κ3) is 9.98. The molecule has 0 saturated heterocycles. The van der Waals surface area contributed by atoms with Crippen LogP contribution in [0.1, 0.15) is 65.4 Å². The lowest BCUT2D eigenvalue weighted by Gasteiger charge is -2.18. The first-order chi connectivity index (χ1) is 18.4. The number of aromatic nitrogens is 2. The van der Waals surface area contributed by atoms with Crippen LogP contribution in [0.25, 0.3) is 0 Å². The number of aryl methyl sites for hydroxylation is 1. The molecule has 0 bridgehead atoms. The summed E-state index contributed by atoms with van der Waals surface area (Å²) in [5.74, 6) is 2.13. The van der Waals surface area contributed by atoms with Gasteiger partial charge in [0.05, 0.1) is 17.3 Å². The second-order valence-electron chi connectivity index (χ2n) is 10.9. The Kier molecular flexibility index (Phi) is 10.5. The van der Waals surface area contributed by atoms with Crippen molar-refractivity contribution in [2.75, 3.05) is 23.0 Å². The summed E-state index contributed by atoms with van der Waals surface area (Å²) in [6.45, 7) is 10.2. The van der Waals surface area contributed by atoms with Crippen molar-refractivity contribution in [3.8, 4) is 5.75 Å². The van der Waals surface area contributed by atoms with Crippen LogP contribution in [0.4, 0.5) is 23.1 Å². The van der Waals surface area contributed by atoms with E-state index in [1.165, 1.54) is 0 Å². The van der Waals surface area contributed by atoms with E-state index in [1.54, 1.807) is 24.4 Å². The molecule has 1 aromatic heterocycles. The average Bonchev–Trinajstić information content (AvgIpc) is 2.86. The maximum absolute atomic E-state index is 12.8. The normalized spacial score (nSPS) is 11.7. The fourth-order valence-electron chi connectivity index (χ4n) is 3.97. The van der Waals surface area contributed by atoms with Gasteiger partial charge in [-0.2, -0.15) is 4.98 Å². The average molecular weight is 553 g/mol. The van der Waals surface area contributed by atoms with Gasteiger partial charge in [-0.05, 0) is 74.1 Å². The highest BCUT2D eigenvalue weighted by Gasteiger charge is 2.23. The van der Waals surface area contributed by atoms with Gasteiger partial charge in [0.15, 0.2) is 9.84 Å². The number of carbonyl (C=O) groups is 1. The van der Waals surface area contributed by atoms with E-state index in [4.69, 9.17) is 4.74 Å². The molecule has 0 spiro atoms. The summed E-state index contributed by atoms with van der Waals surface area (Å²) in [6.07, 6.45) is 5.58. The maximum Gasteiger partial charge on any atom is 0.229 e. The molecule has 0 aliphatic rings. The van der Waals surface area contributed by atoms with Crippen molar-refractivity contribution >= 4 is 38.8 Å². The molecule has 9 heteroatoms. The molecule has 0 amide bonds. The van der Waals surface area contributed by atoms with Crippen LogP contribution in [0, 0.1) is 12.3 Å². The van der Waals surface area contributed by atoms with E-state index in [2.05, 4.69) is 20.6 Å². The lowest BCUT2D eigenvalue weighted by atomic mass is 10.0. The third-order valence-electron chi connectivity index (χ3n) is 5.81. The highest BCUT2D eigenvalue weighted by Crippen LogP contribution is 2.26. The van der Waals surface area contributed by atoms with E-state index in [0.29, 0.717) is 42.7 Å². The molecule has 3 rings (SSSR count). The van der Waals surface area contributed by atoms with E-state index in [9.17, 15) is 13.2 Å². The van der Waals surface area contributed by atoms with Crippen molar-refractivity contribution in [3.05, 3.63) is 60.3 Å². The number of Topliss-reactive ketones (excluding diaryl/α,β-unsaturated/α-hetero) is 1. The minimum Gasteiger partial charge on any atom is -0.494 e. The molecular weight excluding hydrogens is 512 g/mol. The first-order valence-corrected chi connectivity index (χ1v) is 15.1. The first-order valence-electron chi connectivity index (χ1n) is 13.4. The number of ether oxygens (including phenoxy) is 1. The van der Waals surface area contributed by atoms with E-state index in [1.807, 2.05) is 65.0 Å². The van der Waals surface area contributed by atoms with Gasteiger partial charge in [0.2, 0.25) is 5.95 Å². The first kappa shape index (κ1) is 30.1. The Morgan fingerprint density at radius 2 is 1.72 bits per heavy atom. The van der Waals surface area contributed by atoms with Crippen molar-refractivity contribution in [1.29, 1.82) is 0 Å². The van der Waals surface area contributed by atoms with Gasteiger partial charge in [0, 0.05) is 36.0 Å². The topological polar surface area (TPSA) is 110 Å². The number of rotatable bonds is 14. The number of carbonyl (C=O) groups excluding carboxylic acids is 1. The summed E-state index contributed by atoms with van der Waals surface area (Å²) < 4.78 is 31.5. The van der Waals surface area contributed by atoms with Crippen LogP contribution in [0.15, 0.2) is 59.6 Å². The van der Waals surface area contributed by atoms with Gasteiger partial charge >= 0.3 is 0 Å². The van der Waals surface area contributed by atoms with Gasteiger partial charge < -0.3 is 15.4 Å². The summed E-state index contributed by atoms with van der Waals surface area (Å²) in [7, 11) is -3.42. The Hall–Kier alpha value is -3.46. The summed E-state index contributed by atoms with van der Waals surface area (Å²) in [4.78, 5) is 20.8. The largest absolute Gasteiger partial charge is 0.494 e. The Morgan fingerprint density at radius 1 is 0.974 bits per heavy atom. The van der Waals surface area contributed by atoms with Crippen LogP contribution in [0.3, 0.4) is 0 Å². The lowest BCUT2D eigenvalue weighted by Crippen LogP contribution is -2.20. The zero-order valence-electron chi connectivity index (χ0n) is 23.6. The van der Waals surface area contributed by atoms with E-state index in [-0.39, 0.29) is 16.1 Å². The Labute approximate surface area is 232 Å². The summed E-state index contributed by atoms with van der Waals surface area (Å²) >= 11 is 0. The molecule has 8 nitrogen and oxygen atoms in total. The van der Waals surface area contributed by atoms with Crippen molar-refractivity contribution in [2.45, 2.75) is 71.6 Å². The number of unbranched alkanes of at least 4 members (excludes halogenated alkanes) is 1. The van der Waals surface area contributed by atoms with Crippen molar-refractivity contribution in [2.24, 2.45) is 5.41 Å². The molecule has 0 radical (unpaired) electrons. The molecule has 39 heavy (non-hydrogen) atoms. The fourth-order valence-corrected chi connectivity index (χ4v) is 5.87. The molecule has 0 aliphatic heterocycles. The number of anilines is 4. The molecule has 3 aromatic rings. The molecule has 0 unspecified atom stereocenters. The number of hydrogen-bond donors (Lipinski definition) is 2. The molecule has 2 N–H and O–H groups in total. The number of ketones is 1. The van der Waals surface area contributed by atoms with Crippen LogP contribution in [0.5, 0.6) is 5.75 Å². The van der Waals surface area contributed by atoms with Gasteiger partial charge in [-0.25, -0.2) is 13.4 Å². The summed E-state index contributed by atoms with van der Waals surface area (Å²) in [5.41, 5.74) is 1.92. The third-order valence-corrected chi connectivity index (χ3v) is 8.03. The Balaban J connectivity index is 1.60. The number of sulfone groups is 1. The van der Waals surface area contributed by atoms with E-state index in [0.717, 1.165) is 36.3 Å². The highest BCUT2D eigenvalue weighted by molar-refractivity contribution is 7.91. The van der Waals surface area contributed by atoms with Gasteiger partial charge in [0.1, 0.15) is 17.4 Å². The van der Waals surface area contributed by atoms with Crippen LogP contribution in [-0.2, 0) is 14.6 Å². The lowest BCUT2D eigenvalue weighted by molar-refractivity contribution is -0.119. The summed E-state index contributed by atoms with van der Waals surface area (Å²) in [5, 5.41) is 6.43. The molecule has 0 aliphatic carbocycles. The van der Waals surface area contributed by atoms with Crippen molar-refractivity contribution < 1.29 is 17.9 Å². The zero-order valence-corrected chi connectivity index (χ0v) is 24.4. The number of hydrogen-bond acceptors (Lipinski definition) is 8. The molecular formula is C30H40N4O4S. The predicted octanol–water partition coefficient (Wildman–Crippen LogP) is 7.01. The SMILES string of the molecule is CCCC(=O)CCCCOc1ccc(Nc2ncc(C)c(Nc3cccc(S(=O)(=O)CC(C)(C)C)c3)n2)cc1. The van der Waals surface area contributed by atoms with Gasteiger partial charge in [0.25, 0.3) is 0 Å². The smallest absolute Gasteiger partial charge is 0.229 e. The predicted molar refractivity (Wildman–Crippen MR) is 157 cm³/mol. The van der Waals surface area contributed by atoms with E-state index < -0.39 is 9.84 Å². The van der Waals surface area contributed by atoms with Gasteiger partial charge in [-0.1, -0.05) is 33.8 Å². The fraction of sp³-hybridized carbons (Fsp3) is 0.433. The zero-order chi connectivity index (χ0) is 28.5. The van der Waals surface area contributed by atoms with E-state index >= 15 is 0 Å². The highest BCUT2D eigenvalue weighted by atomic mass is 32.2. The van der Waals surface area contributed by atoms with Gasteiger partial charge in [-0.3, -0.25) is 4.79 Å². The minimum atomic E-state index is -3.42. The molecule has 0 fully saturated rings. The maximum atomic E-state index is 12.8. The molecule has 210 valence electrons. The second-order valence-corrected chi connectivity index (χ2v) is 12.9. The minimum absolute atomic E-state index is 0.0634. The Bertz CT molecular complexity index is 1350. The van der Waals surface area contributed by atoms with Crippen LogP contribution >= 0.6 is 0 Å². The Morgan fingerprint density at radius 3 is 2.41 bits per heavy atom. The molecule has 1 heterocycles. The number of nitrogens with zero attached hydrogens (tertiary/aromatic N) is 2. The second kappa shape index (κ2) is 13.6. The number of nitrogens with one attached hydrogen (secondary N) is 2. The van der Waals surface area contributed by atoms with Crippen molar-refractivity contribution in [3.63, 3.8) is 0 Å². The molecule has 0 saturated carbocycles. The van der Waals surface area contributed by atoms with Crippen LogP contribution in [0.2, 0.25) is 0 Å². The van der Waals surface area contributed by atoms with Crippen LogP contribution < -0.4 is 15.4 Å². The molecule has 2 aromatic carbocycles.